The topological polar surface area (TPSA) is 24.1 Å². The van der Waals surface area contributed by atoms with Crippen LogP contribution in [0.25, 0.3) is 0 Å². The molecule has 2 aromatic carbocycles. The molecule has 1 atom stereocenters. The fraction of sp³-hybridized carbons (Fsp3) is 0.150. The zero-order valence-corrected chi connectivity index (χ0v) is 15.4. The summed E-state index contributed by atoms with van der Waals surface area (Å²) >= 11 is 7.27. The van der Waals surface area contributed by atoms with Gasteiger partial charge in [0.25, 0.3) is 0 Å². The molecule has 0 unspecified atom stereocenters. The Morgan fingerprint density at radius 2 is 1.75 bits per heavy atom. The van der Waals surface area contributed by atoms with Crippen molar-refractivity contribution in [3.63, 3.8) is 0 Å². The normalized spacial score (nSPS) is 11.8. The average molecular weight is 353 g/mol. The summed E-state index contributed by atoms with van der Waals surface area (Å²) in [7, 11) is 0. The molecule has 0 radical (unpaired) electrons. The first kappa shape index (κ1) is 16.7. The summed E-state index contributed by atoms with van der Waals surface area (Å²) in [5.74, 6) is 0. The molecule has 0 saturated heterocycles. The van der Waals surface area contributed by atoms with Gasteiger partial charge in [0, 0.05) is 10.6 Å². The van der Waals surface area contributed by atoms with Crippen molar-refractivity contribution in [1.29, 1.82) is 0 Å². The van der Waals surface area contributed by atoms with Crippen molar-refractivity contribution in [2.24, 2.45) is 0 Å². The van der Waals surface area contributed by atoms with Crippen molar-refractivity contribution in [2.45, 2.75) is 19.9 Å². The highest BCUT2D eigenvalue weighted by Crippen LogP contribution is 2.26. The van der Waals surface area contributed by atoms with Crippen molar-refractivity contribution in [3.8, 4) is 0 Å². The first-order chi connectivity index (χ1) is 11.6. The Bertz CT molecular complexity index is 811. The lowest BCUT2D eigenvalue weighted by molar-refractivity contribution is 0.784. The number of thiocarbonyl (C=S) groups is 1. The molecule has 122 valence electrons. The van der Waals surface area contributed by atoms with Crippen LogP contribution in [0.15, 0.2) is 66.0 Å². The van der Waals surface area contributed by atoms with Crippen LogP contribution in [0, 0.1) is 13.8 Å². The summed E-state index contributed by atoms with van der Waals surface area (Å²) in [5, 5.41) is 9.46. The minimum atomic E-state index is 0.0535. The summed E-state index contributed by atoms with van der Waals surface area (Å²) in [6.45, 7) is 4.22. The first-order valence-electron chi connectivity index (χ1n) is 7.86. The SMILES string of the molecule is Cc1ccc(NC(=S)N[C@H](c2ccccc2)c2cccs2)cc1C. The molecule has 1 heterocycles. The highest BCUT2D eigenvalue weighted by molar-refractivity contribution is 7.80. The van der Waals surface area contributed by atoms with E-state index in [1.807, 2.05) is 6.07 Å². The molecule has 0 saturated carbocycles. The molecular formula is C20H20N2S2. The number of nitrogens with one attached hydrogen (secondary N) is 2. The third kappa shape index (κ3) is 4.02. The molecule has 2 nitrogen and oxygen atoms in total. The summed E-state index contributed by atoms with van der Waals surface area (Å²) in [5.41, 5.74) is 4.73. The lowest BCUT2D eigenvalue weighted by Crippen LogP contribution is -2.32. The van der Waals surface area contributed by atoms with Gasteiger partial charge in [-0.15, -0.1) is 11.3 Å². The standard InChI is InChI=1S/C20H20N2S2/c1-14-10-11-17(13-15(14)2)21-20(23)22-19(18-9-6-12-24-18)16-7-4-3-5-8-16/h3-13,19H,1-2H3,(H2,21,22,23)/t19-/m1/s1. The fourth-order valence-electron chi connectivity index (χ4n) is 2.54. The van der Waals surface area contributed by atoms with Gasteiger partial charge in [-0.1, -0.05) is 42.5 Å². The summed E-state index contributed by atoms with van der Waals surface area (Å²) < 4.78 is 0. The minimum absolute atomic E-state index is 0.0535. The first-order valence-corrected chi connectivity index (χ1v) is 9.15. The smallest absolute Gasteiger partial charge is 0.171 e. The number of thiophene rings is 1. The Kier molecular flexibility index (Phi) is 5.28. The Morgan fingerprint density at radius 1 is 0.958 bits per heavy atom. The second-order valence-electron chi connectivity index (χ2n) is 5.76. The van der Waals surface area contributed by atoms with E-state index < -0.39 is 0 Å². The number of benzene rings is 2. The van der Waals surface area contributed by atoms with Crippen LogP contribution < -0.4 is 10.6 Å². The van der Waals surface area contributed by atoms with Crippen LogP contribution in [-0.4, -0.2) is 5.11 Å². The van der Waals surface area contributed by atoms with E-state index in [2.05, 4.69) is 84.5 Å². The maximum Gasteiger partial charge on any atom is 0.171 e. The second kappa shape index (κ2) is 7.60. The highest BCUT2D eigenvalue weighted by atomic mass is 32.1. The van der Waals surface area contributed by atoms with E-state index >= 15 is 0 Å². The molecule has 0 spiro atoms. The van der Waals surface area contributed by atoms with E-state index in [1.54, 1.807) is 11.3 Å². The molecule has 0 amide bonds. The predicted octanol–water partition coefficient (Wildman–Crippen LogP) is 5.44. The molecule has 3 aromatic rings. The molecule has 0 fully saturated rings. The number of hydrogen-bond acceptors (Lipinski definition) is 2. The van der Waals surface area contributed by atoms with Gasteiger partial charge in [-0.2, -0.15) is 0 Å². The Balaban J connectivity index is 1.77. The number of hydrogen-bond donors (Lipinski definition) is 2. The van der Waals surface area contributed by atoms with Crippen molar-refractivity contribution in [3.05, 3.63) is 87.6 Å². The largest absolute Gasteiger partial charge is 0.351 e. The Hall–Kier alpha value is -2.17. The van der Waals surface area contributed by atoms with E-state index in [-0.39, 0.29) is 6.04 Å². The Labute approximate surface area is 152 Å². The molecular weight excluding hydrogens is 332 g/mol. The maximum atomic E-state index is 5.54. The molecule has 1 aromatic heterocycles. The van der Waals surface area contributed by atoms with Gasteiger partial charge in [-0.05, 0) is 66.3 Å². The second-order valence-corrected chi connectivity index (χ2v) is 7.14. The van der Waals surface area contributed by atoms with Gasteiger partial charge in [-0.3, -0.25) is 0 Å². The average Bonchev–Trinajstić information content (AvgIpc) is 3.11. The summed E-state index contributed by atoms with van der Waals surface area (Å²) in [6, 6.07) is 20.9. The van der Waals surface area contributed by atoms with Crippen LogP contribution in [0.3, 0.4) is 0 Å². The van der Waals surface area contributed by atoms with E-state index in [4.69, 9.17) is 12.2 Å². The van der Waals surface area contributed by atoms with Gasteiger partial charge in [0.1, 0.15) is 0 Å². The fourth-order valence-corrected chi connectivity index (χ4v) is 3.58. The third-order valence-electron chi connectivity index (χ3n) is 4.00. The van der Waals surface area contributed by atoms with Gasteiger partial charge < -0.3 is 10.6 Å². The minimum Gasteiger partial charge on any atom is -0.351 e. The molecule has 0 aliphatic heterocycles. The van der Waals surface area contributed by atoms with Crippen molar-refractivity contribution in [1.82, 2.24) is 5.32 Å². The van der Waals surface area contributed by atoms with E-state index in [9.17, 15) is 0 Å². The van der Waals surface area contributed by atoms with Crippen LogP contribution in [0.1, 0.15) is 27.6 Å². The monoisotopic (exact) mass is 352 g/mol. The number of anilines is 1. The number of rotatable bonds is 4. The van der Waals surface area contributed by atoms with Gasteiger partial charge in [-0.25, -0.2) is 0 Å². The van der Waals surface area contributed by atoms with Crippen LogP contribution >= 0.6 is 23.6 Å². The van der Waals surface area contributed by atoms with Crippen LogP contribution in [0.2, 0.25) is 0 Å². The lowest BCUT2D eigenvalue weighted by Gasteiger charge is -2.20. The molecule has 4 heteroatoms. The zero-order chi connectivity index (χ0) is 16.9. The molecule has 0 aliphatic rings. The highest BCUT2D eigenvalue weighted by Gasteiger charge is 2.16. The molecule has 0 aliphatic carbocycles. The third-order valence-corrected chi connectivity index (χ3v) is 5.16. The molecule has 3 rings (SSSR count). The number of aryl methyl sites for hydroxylation is 2. The lowest BCUT2D eigenvalue weighted by atomic mass is 10.1. The van der Waals surface area contributed by atoms with Crippen LogP contribution in [0.5, 0.6) is 0 Å². The van der Waals surface area contributed by atoms with Crippen LogP contribution in [-0.2, 0) is 0 Å². The van der Waals surface area contributed by atoms with Gasteiger partial charge >= 0.3 is 0 Å². The van der Waals surface area contributed by atoms with Crippen LogP contribution in [0.4, 0.5) is 5.69 Å². The summed E-state index contributed by atoms with van der Waals surface area (Å²) in [4.78, 5) is 1.24. The van der Waals surface area contributed by atoms with E-state index in [1.165, 1.54) is 21.6 Å². The van der Waals surface area contributed by atoms with E-state index in [0.717, 1.165) is 5.69 Å². The van der Waals surface area contributed by atoms with Gasteiger partial charge in [0.05, 0.1) is 6.04 Å². The zero-order valence-electron chi connectivity index (χ0n) is 13.7. The molecule has 0 bridgehead atoms. The molecule has 24 heavy (non-hydrogen) atoms. The Morgan fingerprint density at radius 3 is 2.42 bits per heavy atom. The van der Waals surface area contributed by atoms with E-state index in [0.29, 0.717) is 5.11 Å². The maximum absolute atomic E-state index is 5.54. The van der Waals surface area contributed by atoms with Crippen molar-refractivity contribution >= 4 is 34.4 Å². The summed E-state index contributed by atoms with van der Waals surface area (Å²) in [6.07, 6.45) is 0. The van der Waals surface area contributed by atoms with Gasteiger partial charge in [0.15, 0.2) is 5.11 Å². The predicted molar refractivity (Wildman–Crippen MR) is 108 cm³/mol. The molecule has 2 N–H and O–H groups in total. The van der Waals surface area contributed by atoms with Crippen molar-refractivity contribution < 1.29 is 0 Å². The van der Waals surface area contributed by atoms with Crippen molar-refractivity contribution in [2.75, 3.05) is 5.32 Å². The van der Waals surface area contributed by atoms with Gasteiger partial charge in [0.2, 0.25) is 0 Å². The quantitative estimate of drug-likeness (QED) is 0.611.